The average molecular weight is 557 g/mol. The number of hydrogen-bond acceptors (Lipinski definition) is 5. The van der Waals surface area contributed by atoms with Gasteiger partial charge in [0.05, 0.1) is 17.0 Å². The summed E-state index contributed by atoms with van der Waals surface area (Å²) >= 11 is 0. The molecule has 0 atom stereocenters. The van der Waals surface area contributed by atoms with Gasteiger partial charge in [0.2, 0.25) is 0 Å². The van der Waals surface area contributed by atoms with Crippen molar-refractivity contribution in [2.24, 2.45) is 0 Å². The Morgan fingerprint density at radius 2 is 1.57 bits per heavy atom. The topological polar surface area (TPSA) is 95.3 Å². The minimum absolute atomic E-state index is 0.0871. The van der Waals surface area contributed by atoms with Gasteiger partial charge in [-0.1, -0.05) is 97.1 Å². The summed E-state index contributed by atoms with van der Waals surface area (Å²) in [5.41, 5.74) is 4.43. The molecule has 0 saturated carbocycles. The van der Waals surface area contributed by atoms with Crippen LogP contribution in [0.3, 0.4) is 0 Å². The lowest BCUT2D eigenvalue weighted by atomic mass is 9.73. The molecule has 0 spiro atoms. The Morgan fingerprint density at radius 1 is 0.881 bits per heavy atom. The van der Waals surface area contributed by atoms with Crippen LogP contribution in [0.5, 0.6) is 0 Å². The van der Waals surface area contributed by atoms with E-state index < -0.39 is 11.5 Å². The summed E-state index contributed by atoms with van der Waals surface area (Å²) in [5, 5.41) is 13.0. The second kappa shape index (κ2) is 13.4. The van der Waals surface area contributed by atoms with E-state index in [1.807, 2.05) is 103 Å². The van der Waals surface area contributed by atoms with E-state index in [9.17, 15) is 14.9 Å². The second-order valence-electron chi connectivity index (χ2n) is 10.4. The SMILES string of the molecule is N#CC1(c2cccc(CNC(=O)OCc3ccccc3)c2)CCN(C(=O)c2cncc(C=Cc3ccccc3)c2)CC1. The summed E-state index contributed by atoms with van der Waals surface area (Å²) in [6.45, 7) is 1.41. The Morgan fingerprint density at radius 3 is 2.31 bits per heavy atom. The van der Waals surface area contributed by atoms with E-state index in [0.717, 1.165) is 27.8 Å². The third-order valence-electron chi connectivity index (χ3n) is 7.52. The second-order valence-corrected chi connectivity index (χ2v) is 10.4. The van der Waals surface area contributed by atoms with Gasteiger partial charge in [-0.2, -0.15) is 5.26 Å². The van der Waals surface area contributed by atoms with E-state index in [4.69, 9.17) is 4.74 Å². The zero-order valence-electron chi connectivity index (χ0n) is 23.3. The van der Waals surface area contributed by atoms with E-state index >= 15 is 0 Å². The fourth-order valence-corrected chi connectivity index (χ4v) is 5.09. The highest BCUT2D eigenvalue weighted by molar-refractivity contribution is 5.94. The first-order valence-corrected chi connectivity index (χ1v) is 14.0. The van der Waals surface area contributed by atoms with Crippen molar-refractivity contribution >= 4 is 24.2 Å². The molecule has 0 unspecified atom stereocenters. The Hall–Kier alpha value is -5.22. The smallest absolute Gasteiger partial charge is 0.407 e. The molecule has 210 valence electrons. The van der Waals surface area contributed by atoms with Crippen molar-refractivity contribution in [3.8, 4) is 6.07 Å². The lowest BCUT2D eigenvalue weighted by Gasteiger charge is -2.37. The minimum Gasteiger partial charge on any atom is -0.445 e. The van der Waals surface area contributed by atoms with Gasteiger partial charge in [0.15, 0.2) is 0 Å². The summed E-state index contributed by atoms with van der Waals surface area (Å²) in [4.78, 5) is 31.6. The van der Waals surface area contributed by atoms with E-state index in [0.29, 0.717) is 31.5 Å². The molecule has 2 amide bonds. The van der Waals surface area contributed by atoms with Crippen molar-refractivity contribution in [2.45, 2.75) is 31.4 Å². The van der Waals surface area contributed by atoms with Crippen molar-refractivity contribution in [3.63, 3.8) is 0 Å². The summed E-state index contributed by atoms with van der Waals surface area (Å²) in [7, 11) is 0. The molecule has 2 heterocycles. The molecule has 0 radical (unpaired) electrons. The quantitative estimate of drug-likeness (QED) is 0.272. The highest BCUT2D eigenvalue weighted by Gasteiger charge is 2.38. The van der Waals surface area contributed by atoms with Crippen LogP contribution in [0.2, 0.25) is 0 Å². The van der Waals surface area contributed by atoms with Crippen LogP contribution in [-0.4, -0.2) is 35.0 Å². The van der Waals surface area contributed by atoms with Gasteiger partial charge in [-0.15, -0.1) is 0 Å². The number of hydrogen-bond donors (Lipinski definition) is 1. The summed E-state index contributed by atoms with van der Waals surface area (Å²) in [6.07, 6.45) is 7.80. The molecule has 1 aliphatic rings. The number of rotatable bonds is 8. The zero-order chi connectivity index (χ0) is 29.2. The molecule has 5 rings (SSSR count). The van der Waals surface area contributed by atoms with Crippen molar-refractivity contribution in [1.29, 1.82) is 5.26 Å². The molecule has 42 heavy (non-hydrogen) atoms. The van der Waals surface area contributed by atoms with Gasteiger partial charge in [0.1, 0.15) is 6.61 Å². The van der Waals surface area contributed by atoms with Gasteiger partial charge >= 0.3 is 6.09 Å². The standard InChI is InChI=1S/C35H32N4O3/c36-26-35(32-13-7-12-29(21-32)23-38-34(41)42-25-28-10-5-2-6-11-28)16-18-39(19-17-35)33(40)31-20-30(22-37-24-31)15-14-27-8-3-1-4-9-27/h1-15,20-22,24H,16-19,23,25H2,(H,38,41). The van der Waals surface area contributed by atoms with Gasteiger partial charge in [-0.3, -0.25) is 9.78 Å². The molecule has 1 aliphatic heterocycles. The number of nitrogens with zero attached hydrogens (tertiary/aromatic N) is 3. The fourth-order valence-electron chi connectivity index (χ4n) is 5.09. The fraction of sp³-hybridized carbons (Fsp3) is 0.200. The molecular formula is C35H32N4O3. The number of likely N-dealkylation sites (tertiary alicyclic amines) is 1. The summed E-state index contributed by atoms with van der Waals surface area (Å²) < 4.78 is 5.30. The normalized spacial score (nSPS) is 14.2. The number of piperidine rings is 1. The number of benzene rings is 3. The number of carbonyl (C=O) groups is 2. The van der Waals surface area contributed by atoms with Crippen molar-refractivity contribution < 1.29 is 14.3 Å². The predicted octanol–water partition coefficient (Wildman–Crippen LogP) is 6.38. The largest absolute Gasteiger partial charge is 0.445 e. The monoisotopic (exact) mass is 556 g/mol. The number of nitriles is 1. The van der Waals surface area contributed by atoms with Crippen molar-refractivity contribution in [2.75, 3.05) is 13.1 Å². The molecule has 3 aromatic carbocycles. The molecule has 7 heteroatoms. The third-order valence-corrected chi connectivity index (χ3v) is 7.52. The van der Waals surface area contributed by atoms with Gasteiger partial charge in [-0.25, -0.2) is 4.79 Å². The lowest BCUT2D eigenvalue weighted by Crippen LogP contribution is -2.44. The summed E-state index contributed by atoms with van der Waals surface area (Å²) in [6, 6.07) is 31.6. The Labute approximate surface area is 246 Å². The molecule has 1 N–H and O–H groups in total. The number of ether oxygens (including phenoxy) is 1. The Kier molecular flexibility index (Phi) is 9.05. The number of amides is 2. The van der Waals surface area contributed by atoms with Gasteiger partial charge in [-0.05, 0) is 46.7 Å². The maximum absolute atomic E-state index is 13.3. The predicted molar refractivity (Wildman–Crippen MR) is 162 cm³/mol. The number of nitrogens with one attached hydrogen (secondary N) is 1. The Bertz CT molecular complexity index is 1590. The molecule has 1 saturated heterocycles. The highest BCUT2D eigenvalue weighted by atomic mass is 16.5. The first kappa shape index (κ1) is 28.3. The van der Waals surface area contributed by atoms with Crippen LogP contribution in [-0.2, 0) is 23.3 Å². The summed E-state index contributed by atoms with van der Waals surface area (Å²) in [5.74, 6) is -0.0871. The number of alkyl carbamates (subject to hydrolysis) is 1. The van der Waals surface area contributed by atoms with Gasteiger partial charge in [0.25, 0.3) is 5.91 Å². The molecule has 0 bridgehead atoms. The molecule has 1 aromatic heterocycles. The molecular weight excluding hydrogens is 524 g/mol. The average Bonchev–Trinajstić information content (AvgIpc) is 3.06. The third kappa shape index (κ3) is 7.10. The zero-order valence-corrected chi connectivity index (χ0v) is 23.3. The van der Waals surface area contributed by atoms with E-state index in [1.165, 1.54) is 0 Å². The molecule has 7 nitrogen and oxygen atoms in total. The number of aromatic nitrogens is 1. The van der Waals surface area contributed by atoms with E-state index in [2.05, 4.69) is 16.4 Å². The van der Waals surface area contributed by atoms with Crippen LogP contribution < -0.4 is 5.32 Å². The Balaban J connectivity index is 1.18. The highest BCUT2D eigenvalue weighted by Crippen LogP contribution is 2.36. The van der Waals surface area contributed by atoms with E-state index in [-0.39, 0.29) is 19.1 Å². The van der Waals surface area contributed by atoms with Gasteiger partial charge in [0, 0.05) is 32.0 Å². The van der Waals surface area contributed by atoms with Crippen LogP contribution in [0.4, 0.5) is 4.79 Å². The van der Waals surface area contributed by atoms with E-state index in [1.54, 1.807) is 17.3 Å². The van der Waals surface area contributed by atoms with Crippen LogP contribution in [0, 0.1) is 11.3 Å². The van der Waals surface area contributed by atoms with Crippen molar-refractivity contribution in [3.05, 3.63) is 137 Å². The molecule has 4 aromatic rings. The van der Waals surface area contributed by atoms with Crippen LogP contribution >= 0.6 is 0 Å². The van der Waals surface area contributed by atoms with Crippen molar-refractivity contribution in [1.82, 2.24) is 15.2 Å². The molecule has 1 fully saturated rings. The van der Waals surface area contributed by atoms with Gasteiger partial charge < -0.3 is 15.0 Å². The van der Waals surface area contributed by atoms with Crippen LogP contribution in [0.15, 0.2) is 103 Å². The number of pyridine rings is 1. The van der Waals surface area contributed by atoms with Crippen LogP contribution in [0.25, 0.3) is 12.2 Å². The number of carbonyl (C=O) groups excluding carboxylic acids is 2. The first-order chi connectivity index (χ1) is 20.5. The lowest BCUT2D eigenvalue weighted by molar-refractivity contribution is 0.0691. The first-order valence-electron chi connectivity index (χ1n) is 14.0. The maximum atomic E-state index is 13.3. The molecule has 0 aliphatic carbocycles. The maximum Gasteiger partial charge on any atom is 0.407 e. The minimum atomic E-state index is -0.709. The van der Waals surface area contributed by atoms with Crippen LogP contribution in [0.1, 0.15) is 51.0 Å².